The van der Waals surface area contributed by atoms with Crippen molar-refractivity contribution in [2.24, 2.45) is 0 Å². The molecule has 2 rings (SSSR count). The van der Waals surface area contributed by atoms with E-state index in [2.05, 4.69) is 17.2 Å². The SMILES string of the molecule is CCc1ccc(NC(=O)[C@H](C)OC(=O)c2c(C)cc(C)nc2Cl)cc1. The molecule has 1 amide bonds. The lowest BCUT2D eigenvalue weighted by Gasteiger charge is -2.15. The van der Waals surface area contributed by atoms with Crippen LogP contribution in [0.15, 0.2) is 30.3 Å². The molecule has 0 aliphatic carbocycles. The lowest BCUT2D eigenvalue weighted by molar-refractivity contribution is -0.123. The third-order valence-corrected chi connectivity index (χ3v) is 4.06. The predicted molar refractivity (Wildman–Crippen MR) is 98.0 cm³/mol. The second kappa shape index (κ2) is 8.12. The van der Waals surface area contributed by atoms with E-state index in [0.717, 1.165) is 6.42 Å². The van der Waals surface area contributed by atoms with Gasteiger partial charge in [-0.05, 0) is 56.5 Å². The number of aromatic nitrogens is 1. The van der Waals surface area contributed by atoms with Gasteiger partial charge in [-0.1, -0.05) is 30.7 Å². The third-order valence-electron chi connectivity index (χ3n) is 3.79. The van der Waals surface area contributed by atoms with Crippen molar-refractivity contribution in [3.63, 3.8) is 0 Å². The molecule has 0 bridgehead atoms. The maximum atomic E-state index is 12.3. The molecular formula is C19H21ClN2O3. The summed E-state index contributed by atoms with van der Waals surface area (Å²) in [5.41, 5.74) is 3.37. The molecule has 1 aromatic carbocycles. The molecule has 0 aliphatic rings. The molecule has 1 atom stereocenters. The van der Waals surface area contributed by atoms with E-state index in [1.807, 2.05) is 24.3 Å². The molecule has 1 aromatic heterocycles. The fourth-order valence-electron chi connectivity index (χ4n) is 2.38. The summed E-state index contributed by atoms with van der Waals surface area (Å²) >= 11 is 6.04. The molecule has 0 aliphatic heterocycles. The van der Waals surface area contributed by atoms with Crippen LogP contribution in [0.5, 0.6) is 0 Å². The Morgan fingerprint density at radius 1 is 1.24 bits per heavy atom. The van der Waals surface area contributed by atoms with Crippen LogP contribution < -0.4 is 5.32 Å². The average Bonchev–Trinajstić information content (AvgIpc) is 2.54. The molecule has 0 fully saturated rings. The topological polar surface area (TPSA) is 68.3 Å². The van der Waals surface area contributed by atoms with E-state index < -0.39 is 18.0 Å². The van der Waals surface area contributed by atoms with Crippen molar-refractivity contribution >= 4 is 29.2 Å². The highest BCUT2D eigenvalue weighted by molar-refractivity contribution is 6.32. The Balaban J connectivity index is 2.04. The molecule has 0 radical (unpaired) electrons. The number of nitrogens with one attached hydrogen (secondary N) is 1. The summed E-state index contributed by atoms with van der Waals surface area (Å²) in [4.78, 5) is 28.6. The number of benzene rings is 1. The summed E-state index contributed by atoms with van der Waals surface area (Å²) < 4.78 is 5.24. The van der Waals surface area contributed by atoms with Gasteiger partial charge in [-0.2, -0.15) is 0 Å². The van der Waals surface area contributed by atoms with E-state index in [0.29, 0.717) is 16.9 Å². The minimum Gasteiger partial charge on any atom is -0.449 e. The highest BCUT2D eigenvalue weighted by Gasteiger charge is 2.23. The number of halogens is 1. The molecule has 2 aromatic rings. The van der Waals surface area contributed by atoms with Gasteiger partial charge in [0.2, 0.25) is 0 Å². The van der Waals surface area contributed by atoms with Gasteiger partial charge < -0.3 is 10.1 Å². The second-order valence-electron chi connectivity index (χ2n) is 5.83. The van der Waals surface area contributed by atoms with Gasteiger partial charge >= 0.3 is 5.97 Å². The average molecular weight is 361 g/mol. The number of amides is 1. The number of carbonyl (C=O) groups excluding carboxylic acids is 2. The summed E-state index contributed by atoms with van der Waals surface area (Å²) in [5, 5.41) is 2.80. The zero-order valence-electron chi connectivity index (χ0n) is 14.7. The van der Waals surface area contributed by atoms with Crippen LogP contribution in [0.4, 0.5) is 5.69 Å². The molecular weight excluding hydrogens is 340 g/mol. The van der Waals surface area contributed by atoms with Crippen molar-refractivity contribution in [2.75, 3.05) is 5.32 Å². The van der Waals surface area contributed by atoms with Crippen LogP contribution in [-0.4, -0.2) is 23.0 Å². The van der Waals surface area contributed by atoms with E-state index in [1.165, 1.54) is 12.5 Å². The Morgan fingerprint density at radius 2 is 1.88 bits per heavy atom. The first-order chi connectivity index (χ1) is 11.8. The van der Waals surface area contributed by atoms with Crippen LogP contribution in [0, 0.1) is 13.8 Å². The second-order valence-corrected chi connectivity index (χ2v) is 6.19. The van der Waals surface area contributed by atoms with Crippen molar-refractivity contribution in [3.8, 4) is 0 Å². The van der Waals surface area contributed by atoms with Crippen LogP contribution in [0.2, 0.25) is 5.15 Å². The molecule has 0 unspecified atom stereocenters. The van der Waals surface area contributed by atoms with E-state index in [4.69, 9.17) is 16.3 Å². The third kappa shape index (κ3) is 4.79. The fourth-order valence-corrected chi connectivity index (χ4v) is 2.74. The molecule has 0 saturated heterocycles. The minimum atomic E-state index is -0.963. The van der Waals surface area contributed by atoms with Crippen molar-refractivity contribution in [1.82, 2.24) is 4.98 Å². The van der Waals surface area contributed by atoms with Crippen molar-refractivity contribution < 1.29 is 14.3 Å². The molecule has 6 heteroatoms. The summed E-state index contributed by atoms with van der Waals surface area (Å²) in [5.74, 6) is -1.08. The van der Waals surface area contributed by atoms with Crippen molar-refractivity contribution in [1.29, 1.82) is 0 Å². The van der Waals surface area contributed by atoms with Gasteiger partial charge in [0.1, 0.15) is 5.15 Å². The molecule has 132 valence electrons. The first-order valence-corrected chi connectivity index (χ1v) is 8.44. The van der Waals surface area contributed by atoms with Crippen LogP contribution in [0.25, 0.3) is 0 Å². The summed E-state index contributed by atoms with van der Waals surface area (Å²) in [6, 6.07) is 9.25. The Kier molecular flexibility index (Phi) is 6.15. The largest absolute Gasteiger partial charge is 0.449 e. The normalized spacial score (nSPS) is 11.7. The van der Waals surface area contributed by atoms with Gasteiger partial charge in [-0.25, -0.2) is 9.78 Å². The minimum absolute atomic E-state index is 0.0743. The number of ether oxygens (including phenoxy) is 1. The number of hydrogen-bond acceptors (Lipinski definition) is 4. The van der Waals surface area contributed by atoms with Crippen LogP contribution in [0.3, 0.4) is 0 Å². The number of nitrogens with zero attached hydrogens (tertiary/aromatic N) is 1. The monoisotopic (exact) mass is 360 g/mol. The first-order valence-electron chi connectivity index (χ1n) is 8.06. The summed E-state index contributed by atoms with van der Waals surface area (Å²) in [6.07, 6.45) is -0.0393. The zero-order chi connectivity index (χ0) is 18.6. The van der Waals surface area contributed by atoms with Gasteiger partial charge in [0.15, 0.2) is 6.10 Å². The smallest absolute Gasteiger partial charge is 0.342 e. The Bertz CT molecular complexity index is 765. The number of anilines is 1. The molecule has 5 nitrogen and oxygen atoms in total. The zero-order valence-corrected chi connectivity index (χ0v) is 15.5. The summed E-state index contributed by atoms with van der Waals surface area (Å²) in [7, 11) is 0. The lowest BCUT2D eigenvalue weighted by Crippen LogP contribution is -2.30. The molecule has 1 heterocycles. The summed E-state index contributed by atoms with van der Waals surface area (Å²) in [6.45, 7) is 7.10. The predicted octanol–water partition coefficient (Wildman–Crippen LogP) is 4.10. The van der Waals surface area contributed by atoms with Gasteiger partial charge in [0.05, 0.1) is 5.56 Å². The first kappa shape index (κ1) is 18.9. The number of carbonyl (C=O) groups is 2. The van der Waals surface area contributed by atoms with Gasteiger partial charge in [0, 0.05) is 11.4 Å². The quantitative estimate of drug-likeness (QED) is 0.644. The van der Waals surface area contributed by atoms with E-state index in [1.54, 1.807) is 19.9 Å². The van der Waals surface area contributed by atoms with Gasteiger partial charge in [-0.15, -0.1) is 0 Å². The highest BCUT2D eigenvalue weighted by atomic mass is 35.5. The Morgan fingerprint density at radius 3 is 2.44 bits per heavy atom. The maximum absolute atomic E-state index is 12.3. The fraction of sp³-hybridized carbons (Fsp3) is 0.316. The molecule has 0 saturated carbocycles. The van der Waals surface area contributed by atoms with Crippen molar-refractivity contribution in [3.05, 3.63) is 57.9 Å². The number of aryl methyl sites for hydroxylation is 3. The van der Waals surface area contributed by atoms with Crippen LogP contribution >= 0.6 is 11.6 Å². The standard InChI is InChI=1S/C19H21ClN2O3/c1-5-14-6-8-15(9-7-14)22-18(23)13(4)25-19(24)16-11(2)10-12(3)21-17(16)20/h6-10,13H,5H2,1-4H3,(H,22,23)/t13-/m0/s1. The van der Waals surface area contributed by atoms with Crippen molar-refractivity contribution in [2.45, 2.75) is 40.2 Å². The number of rotatable bonds is 5. The number of hydrogen-bond donors (Lipinski definition) is 1. The maximum Gasteiger partial charge on any atom is 0.342 e. The number of esters is 1. The Labute approximate surface area is 152 Å². The molecule has 0 spiro atoms. The van der Waals surface area contributed by atoms with E-state index >= 15 is 0 Å². The molecule has 25 heavy (non-hydrogen) atoms. The van der Waals surface area contributed by atoms with Crippen LogP contribution in [-0.2, 0) is 16.0 Å². The lowest BCUT2D eigenvalue weighted by atomic mass is 10.1. The van der Waals surface area contributed by atoms with E-state index in [9.17, 15) is 9.59 Å². The van der Waals surface area contributed by atoms with Crippen LogP contribution in [0.1, 0.15) is 41.0 Å². The van der Waals surface area contributed by atoms with E-state index in [-0.39, 0.29) is 10.7 Å². The van der Waals surface area contributed by atoms with Gasteiger partial charge in [0.25, 0.3) is 5.91 Å². The number of pyridine rings is 1. The molecule has 1 N–H and O–H groups in total. The van der Waals surface area contributed by atoms with Gasteiger partial charge in [-0.3, -0.25) is 4.79 Å². The highest BCUT2D eigenvalue weighted by Crippen LogP contribution is 2.20. The Hall–Kier alpha value is -2.40.